The van der Waals surface area contributed by atoms with Crippen LogP contribution in [0.1, 0.15) is 12.8 Å². The minimum Gasteiger partial charge on any atom is -0.474 e. The van der Waals surface area contributed by atoms with Crippen LogP contribution in [0.2, 0.25) is 5.02 Å². The van der Waals surface area contributed by atoms with Crippen LogP contribution in [0.4, 0.5) is 10.5 Å². The molecule has 0 atom stereocenters. The Hall–Kier alpha value is -2.54. The molecule has 132 valence electrons. The topological polar surface area (TPSA) is 76.6 Å². The molecule has 8 heteroatoms. The standard InChI is InChI=1S/C17H19ClN4O3/c1-24-16-19-8-5-15(21-16)25-14-6-9-22(10-7-14)17(23)20-13-4-2-3-12(18)11-13/h2-5,8,11,14H,6-7,9-10H2,1H3,(H,20,23). The highest BCUT2D eigenvalue weighted by Gasteiger charge is 2.24. The molecule has 1 saturated heterocycles. The second kappa shape index (κ2) is 8.02. The second-order valence-electron chi connectivity index (χ2n) is 5.63. The number of carbonyl (C=O) groups excluding carboxylic acids is 1. The lowest BCUT2D eigenvalue weighted by molar-refractivity contribution is 0.110. The van der Waals surface area contributed by atoms with Gasteiger partial charge in [0.05, 0.1) is 7.11 Å². The summed E-state index contributed by atoms with van der Waals surface area (Å²) in [6.07, 6.45) is 3.06. The Morgan fingerprint density at radius 1 is 1.32 bits per heavy atom. The van der Waals surface area contributed by atoms with Gasteiger partial charge in [0.1, 0.15) is 6.10 Å². The first-order valence-corrected chi connectivity index (χ1v) is 8.37. The molecule has 1 aromatic carbocycles. The highest BCUT2D eigenvalue weighted by molar-refractivity contribution is 6.30. The number of methoxy groups -OCH3 is 1. The lowest BCUT2D eigenvalue weighted by Gasteiger charge is -2.31. The maximum absolute atomic E-state index is 12.3. The van der Waals surface area contributed by atoms with Crippen molar-refractivity contribution in [2.75, 3.05) is 25.5 Å². The Morgan fingerprint density at radius 3 is 2.84 bits per heavy atom. The molecule has 2 aromatic rings. The molecule has 1 aliphatic heterocycles. The highest BCUT2D eigenvalue weighted by Crippen LogP contribution is 2.20. The number of anilines is 1. The Kier molecular flexibility index (Phi) is 5.55. The molecule has 0 aliphatic carbocycles. The molecule has 2 amide bonds. The van der Waals surface area contributed by atoms with Gasteiger partial charge in [0.25, 0.3) is 0 Å². The second-order valence-corrected chi connectivity index (χ2v) is 6.06. The molecule has 0 saturated carbocycles. The summed E-state index contributed by atoms with van der Waals surface area (Å²) < 4.78 is 10.8. The van der Waals surface area contributed by atoms with Crippen LogP contribution in [0.5, 0.6) is 11.9 Å². The van der Waals surface area contributed by atoms with E-state index < -0.39 is 0 Å². The number of hydrogen-bond donors (Lipinski definition) is 1. The van der Waals surface area contributed by atoms with E-state index >= 15 is 0 Å². The van der Waals surface area contributed by atoms with E-state index in [0.717, 1.165) is 12.8 Å². The third kappa shape index (κ3) is 4.73. The molecule has 7 nitrogen and oxygen atoms in total. The van der Waals surface area contributed by atoms with Crippen molar-refractivity contribution in [2.24, 2.45) is 0 Å². The van der Waals surface area contributed by atoms with Crippen LogP contribution in [-0.2, 0) is 0 Å². The first-order valence-electron chi connectivity index (χ1n) is 7.99. The van der Waals surface area contributed by atoms with Crippen LogP contribution >= 0.6 is 11.6 Å². The maximum Gasteiger partial charge on any atom is 0.321 e. The average molecular weight is 363 g/mol. The van der Waals surface area contributed by atoms with E-state index in [-0.39, 0.29) is 18.1 Å². The highest BCUT2D eigenvalue weighted by atomic mass is 35.5. The zero-order chi connectivity index (χ0) is 17.6. The quantitative estimate of drug-likeness (QED) is 0.903. The third-order valence-corrected chi connectivity index (χ3v) is 4.12. The zero-order valence-electron chi connectivity index (χ0n) is 13.8. The minimum absolute atomic E-state index is 0.00910. The lowest BCUT2D eigenvalue weighted by atomic mass is 10.1. The van der Waals surface area contributed by atoms with Gasteiger partial charge in [-0.25, -0.2) is 9.78 Å². The number of hydrogen-bond acceptors (Lipinski definition) is 5. The van der Waals surface area contributed by atoms with Crippen molar-refractivity contribution in [1.82, 2.24) is 14.9 Å². The summed E-state index contributed by atoms with van der Waals surface area (Å²) in [6.45, 7) is 1.22. The fourth-order valence-corrected chi connectivity index (χ4v) is 2.80. The molecular formula is C17H19ClN4O3. The maximum atomic E-state index is 12.3. The summed E-state index contributed by atoms with van der Waals surface area (Å²) in [6, 6.07) is 8.93. The predicted molar refractivity (Wildman–Crippen MR) is 94.3 cm³/mol. The van der Waals surface area contributed by atoms with Gasteiger partial charge in [-0.05, 0) is 18.2 Å². The molecule has 2 heterocycles. The zero-order valence-corrected chi connectivity index (χ0v) is 14.6. The van der Waals surface area contributed by atoms with Crippen molar-refractivity contribution in [1.29, 1.82) is 0 Å². The fourth-order valence-electron chi connectivity index (χ4n) is 2.61. The van der Waals surface area contributed by atoms with Crippen molar-refractivity contribution in [2.45, 2.75) is 18.9 Å². The number of carbonyl (C=O) groups is 1. The summed E-state index contributed by atoms with van der Waals surface area (Å²) in [5, 5.41) is 3.44. The Morgan fingerprint density at radius 2 is 2.12 bits per heavy atom. The molecule has 0 bridgehead atoms. The largest absolute Gasteiger partial charge is 0.474 e. The Bertz CT molecular complexity index is 735. The SMILES string of the molecule is COc1nccc(OC2CCN(C(=O)Nc3cccc(Cl)c3)CC2)n1. The van der Waals surface area contributed by atoms with Gasteiger partial charge in [-0.2, -0.15) is 4.98 Å². The summed E-state index contributed by atoms with van der Waals surface area (Å²) in [5.41, 5.74) is 0.684. The summed E-state index contributed by atoms with van der Waals surface area (Å²) in [7, 11) is 1.51. The lowest BCUT2D eigenvalue weighted by Crippen LogP contribution is -2.43. The number of aromatic nitrogens is 2. The van der Waals surface area contributed by atoms with Crippen molar-refractivity contribution < 1.29 is 14.3 Å². The number of nitrogens with zero attached hydrogens (tertiary/aromatic N) is 3. The summed E-state index contributed by atoms with van der Waals surface area (Å²) in [5.74, 6) is 0.480. The van der Waals surface area contributed by atoms with Crippen LogP contribution in [0.25, 0.3) is 0 Å². The monoisotopic (exact) mass is 362 g/mol. The van der Waals surface area contributed by atoms with E-state index in [0.29, 0.717) is 29.7 Å². The van der Waals surface area contributed by atoms with E-state index in [4.69, 9.17) is 21.1 Å². The summed E-state index contributed by atoms with van der Waals surface area (Å²) >= 11 is 5.93. The van der Waals surface area contributed by atoms with Gasteiger partial charge < -0.3 is 19.7 Å². The van der Waals surface area contributed by atoms with Crippen molar-refractivity contribution in [3.05, 3.63) is 41.6 Å². The van der Waals surface area contributed by atoms with Crippen LogP contribution < -0.4 is 14.8 Å². The molecular weight excluding hydrogens is 344 g/mol. The summed E-state index contributed by atoms with van der Waals surface area (Å²) in [4.78, 5) is 22.2. The first-order chi connectivity index (χ1) is 12.1. The minimum atomic E-state index is -0.135. The van der Waals surface area contributed by atoms with E-state index in [1.807, 2.05) is 6.07 Å². The Balaban J connectivity index is 1.50. The molecule has 1 aromatic heterocycles. The smallest absolute Gasteiger partial charge is 0.321 e. The normalized spacial score (nSPS) is 14.9. The van der Waals surface area contributed by atoms with Gasteiger partial charge in [-0.1, -0.05) is 17.7 Å². The molecule has 1 N–H and O–H groups in total. The van der Waals surface area contributed by atoms with Crippen LogP contribution in [-0.4, -0.2) is 47.2 Å². The number of ether oxygens (including phenoxy) is 2. The van der Waals surface area contributed by atoms with E-state index in [1.54, 1.807) is 35.4 Å². The molecule has 1 fully saturated rings. The van der Waals surface area contributed by atoms with E-state index in [2.05, 4.69) is 15.3 Å². The van der Waals surface area contributed by atoms with Gasteiger partial charge in [0, 0.05) is 48.9 Å². The van der Waals surface area contributed by atoms with Crippen LogP contribution in [0.15, 0.2) is 36.5 Å². The van der Waals surface area contributed by atoms with Crippen molar-refractivity contribution in [3.63, 3.8) is 0 Å². The number of halogens is 1. The molecule has 1 aliphatic rings. The number of urea groups is 1. The molecule has 0 spiro atoms. The number of likely N-dealkylation sites (tertiary alicyclic amines) is 1. The third-order valence-electron chi connectivity index (χ3n) is 3.88. The first kappa shape index (κ1) is 17.3. The van der Waals surface area contributed by atoms with Gasteiger partial charge >= 0.3 is 12.0 Å². The van der Waals surface area contributed by atoms with Crippen LogP contribution in [0.3, 0.4) is 0 Å². The van der Waals surface area contributed by atoms with Crippen LogP contribution in [0, 0.1) is 0 Å². The van der Waals surface area contributed by atoms with Crippen molar-refractivity contribution in [3.8, 4) is 11.9 Å². The van der Waals surface area contributed by atoms with E-state index in [1.165, 1.54) is 7.11 Å². The number of benzene rings is 1. The van der Waals surface area contributed by atoms with Gasteiger partial charge in [0.15, 0.2) is 0 Å². The fraction of sp³-hybridized carbons (Fsp3) is 0.353. The number of rotatable bonds is 4. The number of nitrogens with one attached hydrogen (secondary N) is 1. The number of piperidine rings is 1. The van der Waals surface area contributed by atoms with Crippen molar-refractivity contribution >= 4 is 23.3 Å². The molecule has 25 heavy (non-hydrogen) atoms. The predicted octanol–water partition coefficient (Wildman–Crippen LogP) is 3.21. The number of amides is 2. The molecule has 0 unspecified atom stereocenters. The Labute approximate surface area is 150 Å². The molecule has 0 radical (unpaired) electrons. The van der Waals surface area contributed by atoms with E-state index in [9.17, 15) is 4.79 Å². The van der Waals surface area contributed by atoms with Gasteiger partial charge in [-0.15, -0.1) is 0 Å². The van der Waals surface area contributed by atoms with Gasteiger partial charge in [0.2, 0.25) is 5.88 Å². The average Bonchev–Trinajstić information content (AvgIpc) is 2.62. The van der Waals surface area contributed by atoms with Gasteiger partial charge in [-0.3, -0.25) is 0 Å². The molecule has 3 rings (SSSR count).